The van der Waals surface area contributed by atoms with E-state index in [1.165, 1.54) is 0 Å². The molecule has 2 amide bonds. The second-order valence-corrected chi connectivity index (χ2v) is 7.29. The van der Waals surface area contributed by atoms with E-state index in [1.54, 1.807) is 48.4 Å². The summed E-state index contributed by atoms with van der Waals surface area (Å²) in [6, 6.07) is 10.3. The molecule has 2 aromatic carbocycles. The highest BCUT2D eigenvalue weighted by atomic mass is 79.9. The van der Waals surface area contributed by atoms with Crippen LogP contribution in [0.4, 0.5) is 11.4 Å². The fourth-order valence-electron chi connectivity index (χ4n) is 2.91. The standard InChI is InChI=1S/C19H18BrClN2O3/c1-26-17-11-13(6-8-16(17)23-9-3-2-4-18(23)24)22-19(25)14-10-12(20)5-7-15(14)21/h5-8,10-11H,2-4,9H2,1H3,(H,22,25). The van der Waals surface area contributed by atoms with Gasteiger partial charge in [0.2, 0.25) is 5.91 Å². The molecule has 0 unspecified atom stereocenters. The maximum absolute atomic E-state index is 12.5. The molecule has 5 nitrogen and oxygen atoms in total. The van der Waals surface area contributed by atoms with Crippen LogP contribution in [0.15, 0.2) is 40.9 Å². The molecule has 1 aliphatic heterocycles. The SMILES string of the molecule is COc1cc(NC(=O)c2cc(Br)ccc2Cl)ccc1N1CCCCC1=O. The van der Waals surface area contributed by atoms with Gasteiger partial charge in [0.25, 0.3) is 5.91 Å². The van der Waals surface area contributed by atoms with E-state index in [0.29, 0.717) is 35.0 Å². The smallest absolute Gasteiger partial charge is 0.257 e. The summed E-state index contributed by atoms with van der Waals surface area (Å²) < 4.78 is 6.21. The van der Waals surface area contributed by atoms with Crippen molar-refractivity contribution < 1.29 is 14.3 Å². The Bertz CT molecular complexity index is 857. The van der Waals surface area contributed by atoms with E-state index in [9.17, 15) is 9.59 Å². The van der Waals surface area contributed by atoms with Crippen LogP contribution in [0.5, 0.6) is 5.75 Å². The molecular formula is C19H18BrClN2O3. The molecule has 1 heterocycles. The van der Waals surface area contributed by atoms with Crippen LogP contribution >= 0.6 is 27.5 Å². The minimum Gasteiger partial charge on any atom is -0.494 e. The molecule has 2 aromatic rings. The summed E-state index contributed by atoms with van der Waals surface area (Å²) in [7, 11) is 1.55. The predicted molar refractivity (Wildman–Crippen MR) is 106 cm³/mol. The zero-order valence-electron chi connectivity index (χ0n) is 14.2. The van der Waals surface area contributed by atoms with Gasteiger partial charge < -0.3 is 15.0 Å². The van der Waals surface area contributed by atoms with Gasteiger partial charge in [0.1, 0.15) is 5.75 Å². The highest BCUT2D eigenvalue weighted by Gasteiger charge is 2.23. The topological polar surface area (TPSA) is 58.6 Å². The Morgan fingerprint density at radius 3 is 2.77 bits per heavy atom. The highest BCUT2D eigenvalue weighted by molar-refractivity contribution is 9.10. The number of amides is 2. The molecule has 0 bridgehead atoms. The van der Waals surface area contributed by atoms with Crippen LogP contribution in [0, 0.1) is 0 Å². The Hall–Kier alpha value is -2.05. The van der Waals surface area contributed by atoms with Crippen molar-refractivity contribution in [3.63, 3.8) is 0 Å². The van der Waals surface area contributed by atoms with Crippen LogP contribution in [0.1, 0.15) is 29.6 Å². The lowest BCUT2D eigenvalue weighted by molar-refractivity contribution is -0.119. The fraction of sp³-hybridized carbons (Fsp3) is 0.263. The van der Waals surface area contributed by atoms with Crippen LogP contribution in [0.25, 0.3) is 0 Å². The lowest BCUT2D eigenvalue weighted by Crippen LogP contribution is -2.35. The molecule has 136 valence electrons. The molecule has 0 atom stereocenters. The summed E-state index contributed by atoms with van der Waals surface area (Å²) in [5.41, 5.74) is 1.65. The number of carbonyl (C=O) groups is 2. The van der Waals surface area contributed by atoms with Crippen molar-refractivity contribution in [2.75, 3.05) is 23.9 Å². The van der Waals surface area contributed by atoms with Crippen LogP contribution in [-0.2, 0) is 4.79 Å². The first-order valence-corrected chi connectivity index (χ1v) is 9.41. The van der Waals surface area contributed by atoms with Gasteiger partial charge in [-0.25, -0.2) is 0 Å². The Morgan fingerprint density at radius 1 is 1.23 bits per heavy atom. The number of carbonyl (C=O) groups excluding carboxylic acids is 2. The molecule has 0 aliphatic carbocycles. The van der Waals surface area contributed by atoms with Gasteiger partial charge in [-0.05, 0) is 43.2 Å². The molecule has 3 rings (SSSR count). The number of ether oxygens (including phenoxy) is 1. The quantitative estimate of drug-likeness (QED) is 0.741. The van der Waals surface area contributed by atoms with Gasteiger partial charge in [0, 0.05) is 29.2 Å². The van der Waals surface area contributed by atoms with Gasteiger partial charge in [-0.1, -0.05) is 27.5 Å². The van der Waals surface area contributed by atoms with Crippen molar-refractivity contribution in [2.24, 2.45) is 0 Å². The molecule has 1 aliphatic rings. The number of methoxy groups -OCH3 is 1. The van der Waals surface area contributed by atoms with Gasteiger partial charge in [-0.2, -0.15) is 0 Å². The highest BCUT2D eigenvalue weighted by Crippen LogP contribution is 2.34. The average molecular weight is 438 g/mol. The van der Waals surface area contributed by atoms with Crippen molar-refractivity contribution >= 4 is 50.7 Å². The number of piperidine rings is 1. The number of benzene rings is 2. The fourth-order valence-corrected chi connectivity index (χ4v) is 3.47. The van der Waals surface area contributed by atoms with E-state index in [-0.39, 0.29) is 11.8 Å². The number of hydrogen-bond acceptors (Lipinski definition) is 3. The van der Waals surface area contributed by atoms with E-state index in [4.69, 9.17) is 16.3 Å². The molecular weight excluding hydrogens is 420 g/mol. The number of halogens is 2. The third-order valence-corrected chi connectivity index (χ3v) is 5.05. The van der Waals surface area contributed by atoms with E-state index in [2.05, 4.69) is 21.2 Å². The molecule has 1 saturated heterocycles. The van der Waals surface area contributed by atoms with Crippen molar-refractivity contribution in [3.8, 4) is 5.75 Å². The van der Waals surface area contributed by atoms with Crippen molar-refractivity contribution in [2.45, 2.75) is 19.3 Å². The predicted octanol–water partition coefficient (Wildman–Crippen LogP) is 4.88. The van der Waals surface area contributed by atoms with Gasteiger partial charge in [-0.15, -0.1) is 0 Å². The number of nitrogens with one attached hydrogen (secondary N) is 1. The zero-order chi connectivity index (χ0) is 18.7. The minimum atomic E-state index is -0.319. The normalized spacial score (nSPS) is 14.3. The average Bonchev–Trinajstić information content (AvgIpc) is 2.64. The molecule has 0 saturated carbocycles. The molecule has 0 spiro atoms. The second kappa shape index (κ2) is 8.10. The van der Waals surface area contributed by atoms with E-state index in [0.717, 1.165) is 23.0 Å². The van der Waals surface area contributed by atoms with Crippen LogP contribution < -0.4 is 15.0 Å². The summed E-state index contributed by atoms with van der Waals surface area (Å²) in [5, 5.41) is 3.18. The number of nitrogens with zero attached hydrogens (tertiary/aromatic N) is 1. The molecule has 0 radical (unpaired) electrons. The maximum Gasteiger partial charge on any atom is 0.257 e. The minimum absolute atomic E-state index is 0.0900. The molecule has 1 fully saturated rings. The Labute approximate surface area is 165 Å². The third-order valence-electron chi connectivity index (χ3n) is 4.22. The summed E-state index contributed by atoms with van der Waals surface area (Å²) in [4.78, 5) is 26.4. The Kier molecular flexibility index (Phi) is 5.84. The van der Waals surface area contributed by atoms with Crippen LogP contribution in [0.2, 0.25) is 5.02 Å². The van der Waals surface area contributed by atoms with Gasteiger partial charge in [0.05, 0.1) is 23.4 Å². The summed E-state index contributed by atoms with van der Waals surface area (Å²) >= 11 is 9.44. The first-order valence-electron chi connectivity index (χ1n) is 8.24. The lowest BCUT2D eigenvalue weighted by Gasteiger charge is -2.28. The number of rotatable bonds is 4. The third kappa shape index (κ3) is 4.02. The van der Waals surface area contributed by atoms with Gasteiger partial charge in [0.15, 0.2) is 0 Å². The first-order chi connectivity index (χ1) is 12.5. The maximum atomic E-state index is 12.5. The summed E-state index contributed by atoms with van der Waals surface area (Å²) in [6.07, 6.45) is 2.43. The summed E-state index contributed by atoms with van der Waals surface area (Å²) in [6.45, 7) is 0.675. The van der Waals surface area contributed by atoms with Crippen molar-refractivity contribution in [3.05, 3.63) is 51.5 Å². The molecule has 7 heteroatoms. The second-order valence-electron chi connectivity index (χ2n) is 5.97. The van der Waals surface area contributed by atoms with E-state index >= 15 is 0 Å². The number of anilines is 2. The van der Waals surface area contributed by atoms with E-state index < -0.39 is 0 Å². The monoisotopic (exact) mass is 436 g/mol. The zero-order valence-corrected chi connectivity index (χ0v) is 16.6. The largest absolute Gasteiger partial charge is 0.494 e. The van der Waals surface area contributed by atoms with Crippen LogP contribution in [-0.4, -0.2) is 25.5 Å². The lowest BCUT2D eigenvalue weighted by atomic mass is 10.1. The van der Waals surface area contributed by atoms with Gasteiger partial charge in [-0.3, -0.25) is 9.59 Å². The van der Waals surface area contributed by atoms with Gasteiger partial charge >= 0.3 is 0 Å². The molecule has 0 aromatic heterocycles. The van der Waals surface area contributed by atoms with Crippen LogP contribution in [0.3, 0.4) is 0 Å². The van der Waals surface area contributed by atoms with Crippen molar-refractivity contribution in [1.82, 2.24) is 0 Å². The Balaban J connectivity index is 1.84. The van der Waals surface area contributed by atoms with Crippen molar-refractivity contribution in [1.29, 1.82) is 0 Å². The molecule has 1 N–H and O–H groups in total. The number of hydrogen-bond donors (Lipinski definition) is 1. The first kappa shape index (κ1) is 18.7. The molecule has 26 heavy (non-hydrogen) atoms. The Morgan fingerprint density at radius 2 is 2.04 bits per heavy atom. The van der Waals surface area contributed by atoms with E-state index in [1.807, 2.05) is 0 Å². The summed E-state index contributed by atoms with van der Waals surface area (Å²) in [5.74, 6) is 0.311.